The minimum absolute atomic E-state index is 0.00328. The summed E-state index contributed by atoms with van der Waals surface area (Å²) in [6.07, 6.45) is -3.22. The number of aromatic hydroxyl groups is 1. The van der Waals surface area contributed by atoms with E-state index in [-0.39, 0.29) is 41.3 Å². The molecule has 2 aromatic rings. The molecule has 8 heteroatoms. The zero-order chi connectivity index (χ0) is 16.8. The Hall–Kier alpha value is -2.51. The summed E-state index contributed by atoms with van der Waals surface area (Å²) in [4.78, 5) is 12.5. The molecule has 122 valence electrons. The van der Waals surface area contributed by atoms with E-state index in [0.717, 1.165) is 12.1 Å². The average molecular weight is 326 g/mol. The quantitative estimate of drug-likeness (QED) is 0.881. The van der Waals surface area contributed by atoms with Crippen molar-refractivity contribution in [2.45, 2.75) is 26.1 Å². The van der Waals surface area contributed by atoms with E-state index in [1.54, 1.807) is 6.92 Å². The summed E-state index contributed by atoms with van der Waals surface area (Å²) in [6, 6.07) is 1.96. The molecule has 0 saturated heterocycles. The van der Waals surface area contributed by atoms with Gasteiger partial charge in [0, 0.05) is 18.5 Å². The Morgan fingerprint density at radius 3 is 2.74 bits per heavy atom. The number of benzene rings is 1. The highest BCUT2D eigenvalue weighted by Gasteiger charge is 2.38. The number of aromatic nitrogens is 2. The number of alkyl halides is 3. The summed E-state index contributed by atoms with van der Waals surface area (Å²) in [6.45, 7) is 2.18. The van der Waals surface area contributed by atoms with Gasteiger partial charge in [-0.3, -0.25) is 4.79 Å². The van der Waals surface area contributed by atoms with Crippen molar-refractivity contribution in [3.05, 3.63) is 40.6 Å². The van der Waals surface area contributed by atoms with Gasteiger partial charge >= 0.3 is 6.18 Å². The molecule has 0 bridgehead atoms. The Balaban J connectivity index is 2.09. The van der Waals surface area contributed by atoms with Crippen LogP contribution in [0.25, 0.3) is 0 Å². The molecule has 0 unspecified atom stereocenters. The molecule has 3 rings (SSSR count). The number of aryl methyl sites for hydroxylation is 1. The van der Waals surface area contributed by atoms with Crippen molar-refractivity contribution in [1.82, 2.24) is 9.78 Å². The zero-order valence-corrected chi connectivity index (χ0v) is 12.1. The Morgan fingerprint density at radius 2 is 2.13 bits per heavy atom. The summed E-state index contributed by atoms with van der Waals surface area (Å²) in [7, 11) is 0. The van der Waals surface area contributed by atoms with Crippen LogP contribution in [-0.4, -0.2) is 27.3 Å². The molecule has 0 radical (unpaired) electrons. The van der Waals surface area contributed by atoms with Gasteiger partial charge in [0.2, 0.25) is 11.7 Å². The maximum absolute atomic E-state index is 13.0. The van der Waals surface area contributed by atoms with Crippen molar-refractivity contribution in [3.63, 3.8) is 0 Å². The first kappa shape index (κ1) is 15.4. The predicted octanol–water partition coefficient (Wildman–Crippen LogP) is 2.79. The lowest BCUT2D eigenvalue weighted by Gasteiger charge is -2.13. The molecular weight excluding hydrogens is 313 g/mol. The molecule has 1 aliphatic heterocycles. The van der Waals surface area contributed by atoms with Gasteiger partial charge in [0.05, 0.1) is 23.9 Å². The number of rotatable bonds is 3. The molecule has 2 heterocycles. The van der Waals surface area contributed by atoms with Gasteiger partial charge in [-0.1, -0.05) is 0 Å². The van der Waals surface area contributed by atoms with Crippen LogP contribution in [0.5, 0.6) is 11.6 Å². The average Bonchev–Trinajstić information content (AvgIpc) is 3.10. The third kappa shape index (κ3) is 2.43. The molecule has 0 saturated carbocycles. The van der Waals surface area contributed by atoms with Crippen molar-refractivity contribution >= 4 is 5.78 Å². The van der Waals surface area contributed by atoms with Crippen LogP contribution in [0.1, 0.15) is 34.0 Å². The van der Waals surface area contributed by atoms with Crippen molar-refractivity contribution in [2.24, 2.45) is 0 Å². The van der Waals surface area contributed by atoms with Crippen LogP contribution >= 0.6 is 0 Å². The van der Waals surface area contributed by atoms with Gasteiger partial charge in [-0.25, -0.2) is 4.68 Å². The number of hydrogen-bond donors (Lipinski definition) is 1. The number of hydrogen-bond acceptors (Lipinski definition) is 4. The topological polar surface area (TPSA) is 64.4 Å². The Bertz CT molecular complexity index is 781. The van der Waals surface area contributed by atoms with Crippen LogP contribution in [0.15, 0.2) is 18.3 Å². The summed E-state index contributed by atoms with van der Waals surface area (Å²) in [5.41, 5.74) is -0.887. The Kier molecular flexibility index (Phi) is 3.54. The lowest BCUT2D eigenvalue weighted by Crippen LogP contribution is -2.10. The van der Waals surface area contributed by atoms with Crippen molar-refractivity contribution in [3.8, 4) is 11.6 Å². The van der Waals surface area contributed by atoms with E-state index in [1.807, 2.05) is 0 Å². The zero-order valence-electron chi connectivity index (χ0n) is 12.1. The van der Waals surface area contributed by atoms with Gasteiger partial charge < -0.3 is 9.84 Å². The summed E-state index contributed by atoms with van der Waals surface area (Å²) >= 11 is 0. The molecule has 23 heavy (non-hydrogen) atoms. The van der Waals surface area contributed by atoms with E-state index in [2.05, 4.69) is 5.10 Å². The second-order valence-corrected chi connectivity index (χ2v) is 5.09. The van der Waals surface area contributed by atoms with E-state index < -0.39 is 17.5 Å². The van der Waals surface area contributed by atoms with Gasteiger partial charge in [0.25, 0.3) is 0 Å². The van der Waals surface area contributed by atoms with Gasteiger partial charge in [-0.15, -0.1) is 0 Å². The monoisotopic (exact) mass is 326 g/mol. The van der Waals surface area contributed by atoms with Crippen LogP contribution in [0, 0.1) is 0 Å². The third-order valence-electron chi connectivity index (χ3n) is 3.76. The van der Waals surface area contributed by atoms with E-state index >= 15 is 0 Å². The highest BCUT2D eigenvalue weighted by molar-refractivity contribution is 6.12. The van der Waals surface area contributed by atoms with E-state index in [0.29, 0.717) is 6.54 Å². The molecule has 1 aliphatic rings. The van der Waals surface area contributed by atoms with Gasteiger partial charge in [-0.05, 0) is 19.1 Å². The van der Waals surface area contributed by atoms with E-state index in [9.17, 15) is 23.1 Å². The maximum Gasteiger partial charge on any atom is 0.416 e. The maximum atomic E-state index is 13.0. The van der Waals surface area contributed by atoms with Crippen LogP contribution < -0.4 is 4.74 Å². The fourth-order valence-electron chi connectivity index (χ4n) is 2.66. The number of nitrogens with zero attached hydrogens (tertiary/aromatic N) is 2. The summed E-state index contributed by atoms with van der Waals surface area (Å²) < 4.78 is 45.5. The highest BCUT2D eigenvalue weighted by atomic mass is 19.4. The molecule has 1 aromatic carbocycles. The molecule has 0 fully saturated rings. The summed E-state index contributed by atoms with van der Waals surface area (Å²) in [5.74, 6) is -0.994. The molecule has 5 nitrogen and oxygen atoms in total. The number of ketones is 1. The van der Waals surface area contributed by atoms with Crippen molar-refractivity contribution in [1.29, 1.82) is 0 Å². The molecular formula is C15H13F3N2O3. The lowest BCUT2D eigenvalue weighted by atomic mass is 9.97. The fourth-order valence-corrected chi connectivity index (χ4v) is 2.66. The minimum Gasteiger partial charge on any atom is -0.493 e. The van der Waals surface area contributed by atoms with Crippen molar-refractivity contribution < 1.29 is 27.8 Å². The SMILES string of the molecule is CCn1ncc(C(=O)c2ccc(C(F)(F)F)c3c2OCC3)c1O. The van der Waals surface area contributed by atoms with Crippen LogP contribution in [0.3, 0.4) is 0 Å². The molecule has 0 aliphatic carbocycles. The third-order valence-corrected chi connectivity index (χ3v) is 3.76. The Morgan fingerprint density at radius 1 is 1.39 bits per heavy atom. The smallest absolute Gasteiger partial charge is 0.416 e. The number of carbonyl (C=O) groups is 1. The van der Waals surface area contributed by atoms with Gasteiger partial charge in [0.1, 0.15) is 11.3 Å². The van der Waals surface area contributed by atoms with E-state index in [1.165, 1.54) is 10.9 Å². The normalized spacial score (nSPS) is 13.7. The predicted molar refractivity (Wildman–Crippen MR) is 73.6 cm³/mol. The van der Waals surface area contributed by atoms with Crippen LogP contribution in [0.2, 0.25) is 0 Å². The molecule has 1 N–H and O–H groups in total. The second-order valence-electron chi connectivity index (χ2n) is 5.09. The lowest BCUT2D eigenvalue weighted by molar-refractivity contribution is -0.138. The van der Waals surface area contributed by atoms with Crippen LogP contribution in [-0.2, 0) is 19.1 Å². The second kappa shape index (κ2) is 5.29. The van der Waals surface area contributed by atoms with Gasteiger partial charge in [-0.2, -0.15) is 18.3 Å². The van der Waals surface area contributed by atoms with Gasteiger partial charge in [0.15, 0.2) is 0 Å². The Labute approximate surface area is 129 Å². The highest BCUT2D eigenvalue weighted by Crippen LogP contribution is 2.41. The first-order chi connectivity index (χ1) is 10.8. The summed E-state index contributed by atoms with van der Waals surface area (Å²) in [5, 5.41) is 13.8. The molecule has 0 atom stereocenters. The molecule has 0 amide bonds. The largest absolute Gasteiger partial charge is 0.493 e. The minimum atomic E-state index is -4.51. The first-order valence-corrected chi connectivity index (χ1v) is 7.00. The fraction of sp³-hybridized carbons (Fsp3) is 0.333. The van der Waals surface area contributed by atoms with Crippen LogP contribution in [0.4, 0.5) is 13.2 Å². The van der Waals surface area contributed by atoms with Crippen molar-refractivity contribution in [2.75, 3.05) is 6.61 Å². The number of fused-ring (bicyclic) bond motifs is 1. The van der Waals surface area contributed by atoms with E-state index in [4.69, 9.17) is 4.74 Å². The molecule has 0 spiro atoms. The number of ether oxygens (including phenoxy) is 1. The standard InChI is InChI=1S/C15H13F3N2O3/c1-2-20-14(22)10(7-19-20)12(21)9-3-4-11(15(16,17)18)8-5-6-23-13(8)9/h3-4,7,22H,2,5-6H2,1H3. The number of halogens is 3. The molecule has 1 aromatic heterocycles. The number of carbonyl (C=O) groups excluding carboxylic acids is 1. The first-order valence-electron chi connectivity index (χ1n) is 7.00.